The van der Waals surface area contributed by atoms with Gasteiger partial charge in [0.1, 0.15) is 5.69 Å². The van der Waals surface area contributed by atoms with Gasteiger partial charge in [-0.05, 0) is 19.1 Å². The molecule has 98 valence electrons. The Morgan fingerprint density at radius 3 is 2.72 bits per heavy atom. The monoisotopic (exact) mass is 254 g/mol. The van der Waals surface area contributed by atoms with Crippen LogP contribution in [-0.2, 0) is 9.53 Å². The first-order valence-electron chi connectivity index (χ1n) is 5.32. The van der Waals surface area contributed by atoms with E-state index < -0.39 is 17.9 Å². The Bertz CT molecular complexity index is 409. The van der Waals surface area contributed by atoms with Crippen LogP contribution >= 0.6 is 0 Å². The summed E-state index contributed by atoms with van der Waals surface area (Å²) in [6.07, 6.45) is 1.37. The van der Waals surface area contributed by atoms with Crippen LogP contribution < -0.4 is 0 Å². The van der Waals surface area contributed by atoms with Crippen LogP contribution in [0.15, 0.2) is 24.4 Å². The van der Waals surface area contributed by atoms with Crippen molar-refractivity contribution in [2.75, 3.05) is 13.2 Å². The fourth-order valence-corrected chi connectivity index (χ4v) is 1.22. The van der Waals surface area contributed by atoms with Crippen molar-refractivity contribution in [2.24, 2.45) is 0 Å². The Morgan fingerprint density at radius 2 is 2.22 bits per heavy atom. The predicted molar refractivity (Wildman–Crippen MR) is 60.1 cm³/mol. The highest BCUT2D eigenvalue weighted by Gasteiger charge is 2.30. The molecule has 0 saturated heterocycles. The van der Waals surface area contributed by atoms with E-state index in [1.165, 1.54) is 12.3 Å². The summed E-state index contributed by atoms with van der Waals surface area (Å²) in [6.45, 7) is 1.68. The van der Waals surface area contributed by atoms with Crippen LogP contribution in [0.3, 0.4) is 0 Å². The van der Waals surface area contributed by atoms with E-state index in [9.17, 15) is 14.8 Å². The third-order valence-corrected chi connectivity index (χ3v) is 2.15. The summed E-state index contributed by atoms with van der Waals surface area (Å²) in [4.78, 5) is 26.4. The number of ether oxygens (including phenoxy) is 1. The lowest BCUT2D eigenvalue weighted by atomic mass is 10.2. The average molecular weight is 254 g/mol. The van der Waals surface area contributed by atoms with Crippen molar-refractivity contribution in [3.05, 3.63) is 30.1 Å². The largest absolute Gasteiger partial charge is 0.480 e. The summed E-state index contributed by atoms with van der Waals surface area (Å²) in [7, 11) is 0. The third kappa shape index (κ3) is 3.51. The zero-order valence-electron chi connectivity index (χ0n) is 9.81. The third-order valence-electron chi connectivity index (χ3n) is 2.15. The molecular weight excluding hydrogens is 240 g/mol. The number of carbonyl (C=O) groups is 2. The van der Waals surface area contributed by atoms with E-state index in [0.717, 1.165) is 0 Å². The van der Waals surface area contributed by atoms with Crippen molar-refractivity contribution in [1.29, 1.82) is 0 Å². The second kappa shape index (κ2) is 6.67. The molecule has 7 nitrogen and oxygen atoms in total. The van der Waals surface area contributed by atoms with E-state index in [2.05, 4.69) is 4.98 Å². The Balaban J connectivity index is 2.80. The number of hydrogen-bond donors (Lipinski definition) is 2. The molecule has 0 radical (unpaired) electrons. The summed E-state index contributed by atoms with van der Waals surface area (Å²) in [5.74, 6) is -2.24. The first kappa shape index (κ1) is 14.1. The number of hydrogen-bond acceptors (Lipinski definition) is 5. The number of hydroxylamine groups is 2. The van der Waals surface area contributed by atoms with Gasteiger partial charge in [-0.1, -0.05) is 6.07 Å². The van der Waals surface area contributed by atoms with Crippen LogP contribution in [0, 0.1) is 0 Å². The van der Waals surface area contributed by atoms with Crippen LogP contribution in [0.5, 0.6) is 0 Å². The van der Waals surface area contributed by atoms with E-state index >= 15 is 0 Å². The first-order chi connectivity index (χ1) is 8.57. The van der Waals surface area contributed by atoms with E-state index in [-0.39, 0.29) is 24.0 Å². The maximum atomic E-state index is 11.7. The van der Waals surface area contributed by atoms with E-state index in [0.29, 0.717) is 0 Å². The van der Waals surface area contributed by atoms with Gasteiger partial charge in [-0.2, -0.15) is 0 Å². The lowest BCUT2D eigenvalue weighted by Gasteiger charge is -2.21. The molecule has 0 bridgehead atoms. The van der Waals surface area contributed by atoms with Gasteiger partial charge >= 0.3 is 5.97 Å². The van der Waals surface area contributed by atoms with Crippen LogP contribution in [-0.4, -0.2) is 51.5 Å². The number of rotatable bonds is 6. The van der Waals surface area contributed by atoms with Gasteiger partial charge in [0.2, 0.25) is 0 Å². The quantitative estimate of drug-likeness (QED) is 0.563. The van der Waals surface area contributed by atoms with Gasteiger partial charge in [0.25, 0.3) is 5.91 Å². The summed E-state index contributed by atoms with van der Waals surface area (Å²) in [5, 5.41) is 18.6. The molecule has 0 spiro atoms. The van der Waals surface area contributed by atoms with Crippen LogP contribution in [0.25, 0.3) is 0 Å². The van der Waals surface area contributed by atoms with Crippen molar-refractivity contribution in [3.8, 4) is 0 Å². The molecule has 0 aliphatic heterocycles. The van der Waals surface area contributed by atoms with Gasteiger partial charge < -0.3 is 9.84 Å². The summed E-state index contributed by atoms with van der Waals surface area (Å²) in [6, 6.07) is 3.09. The lowest BCUT2D eigenvalue weighted by Crippen LogP contribution is -2.46. The molecule has 1 unspecified atom stereocenters. The number of pyridine rings is 1. The fourth-order valence-electron chi connectivity index (χ4n) is 1.22. The SMILES string of the molecule is CCOCC(C(=O)O)N(O)C(=O)c1ccccn1. The van der Waals surface area contributed by atoms with Gasteiger partial charge in [-0.3, -0.25) is 15.0 Å². The Labute approximate surface area is 104 Å². The summed E-state index contributed by atoms with van der Waals surface area (Å²) < 4.78 is 4.91. The predicted octanol–water partition coefficient (Wildman–Crippen LogP) is 0.403. The topological polar surface area (TPSA) is 100.0 Å². The van der Waals surface area contributed by atoms with Crippen LogP contribution in [0.1, 0.15) is 17.4 Å². The zero-order valence-corrected chi connectivity index (χ0v) is 9.81. The average Bonchev–Trinajstić information content (AvgIpc) is 2.38. The van der Waals surface area contributed by atoms with Gasteiger partial charge in [0.15, 0.2) is 6.04 Å². The Hall–Kier alpha value is -1.99. The Kier molecular flexibility index (Phi) is 5.22. The molecule has 2 N–H and O–H groups in total. The smallest absolute Gasteiger partial charge is 0.331 e. The minimum Gasteiger partial charge on any atom is -0.480 e. The molecular formula is C11H14N2O5. The molecule has 0 saturated carbocycles. The number of aliphatic carboxylic acids is 1. The number of aromatic nitrogens is 1. The number of carboxylic acids is 1. The van der Waals surface area contributed by atoms with Gasteiger partial charge in [0, 0.05) is 12.8 Å². The van der Waals surface area contributed by atoms with Gasteiger partial charge in [-0.25, -0.2) is 9.86 Å². The summed E-state index contributed by atoms with van der Waals surface area (Å²) >= 11 is 0. The molecule has 1 amide bonds. The lowest BCUT2D eigenvalue weighted by molar-refractivity contribution is -0.163. The molecule has 0 aliphatic carbocycles. The van der Waals surface area contributed by atoms with Crippen molar-refractivity contribution >= 4 is 11.9 Å². The number of amides is 1. The molecule has 1 heterocycles. The maximum Gasteiger partial charge on any atom is 0.331 e. The molecule has 18 heavy (non-hydrogen) atoms. The van der Waals surface area contributed by atoms with Crippen LogP contribution in [0.4, 0.5) is 0 Å². The highest BCUT2D eigenvalue weighted by Crippen LogP contribution is 2.05. The molecule has 0 aliphatic rings. The van der Waals surface area contributed by atoms with Crippen molar-refractivity contribution in [2.45, 2.75) is 13.0 Å². The van der Waals surface area contributed by atoms with Gasteiger partial charge in [0.05, 0.1) is 6.61 Å². The van der Waals surface area contributed by atoms with E-state index in [4.69, 9.17) is 9.84 Å². The number of carboxylic acid groups (broad SMARTS) is 1. The normalized spacial score (nSPS) is 11.9. The minimum atomic E-state index is -1.46. The molecule has 0 fully saturated rings. The molecule has 1 atom stereocenters. The Morgan fingerprint density at radius 1 is 1.50 bits per heavy atom. The standard InChI is InChI=1S/C11H14N2O5/c1-2-18-7-9(11(15)16)13(17)10(14)8-5-3-4-6-12-8/h3-6,9,17H,2,7H2,1H3,(H,15,16). The second-order valence-corrected chi connectivity index (χ2v) is 3.38. The molecule has 1 rings (SSSR count). The number of carbonyl (C=O) groups excluding carboxylic acids is 1. The van der Waals surface area contributed by atoms with Crippen LogP contribution in [0.2, 0.25) is 0 Å². The summed E-state index contributed by atoms with van der Waals surface area (Å²) in [5.41, 5.74) is -0.0391. The molecule has 0 aromatic carbocycles. The first-order valence-corrected chi connectivity index (χ1v) is 5.32. The van der Waals surface area contributed by atoms with Crippen molar-refractivity contribution in [3.63, 3.8) is 0 Å². The van der Waals surface area contributed by atoms with E-state index in [1.54, 1.807) is 19.1 Å². The second-order valence-electron chi connectivity index (χ2n) is 3.38. The van der Waals surface area contributed by atoms with E-state index in [1.807, 2.05) is 0 Å². The molecule has 1 aromatic heterocycles. The van der Waals surface area contributed by atoms with Crippen molar-refractivity contribution in [1.82, 2.24) is 10.0 Å². The van der Waals surface area contributed by atoms with Gasteiger partial charge in [-0.15, -0.1) is 0 Å². The fraction of sp³-hybridized carbons (Fsp3) is 0.364. The minimum absolute atomic E-state index is 0.0391. The maximum absolute atomic E-state index is 11.7. The van der Waals surface area contributed by atoms with Crippen molar-refractivity contribution < 1.29 is 24.6 Å². The molecule has 7 heteroatoms. The molecule has 1 aromatic rings. The highest BCUT2D eigenvalue weighted by atomic mass is 16.5. The highest BCUT2D eigenvalue weighted by molar-refractivity contribution is 5.94. The number of nitrogens with zero attached hydrogens (tertiary/aromatic N) is 2. The zero-order chi connectivity index (χ0) is 13.5.